The zero-order valence-corrected chi connectivity index (χ0v) is 10.6. The lowest BCUT2D eigenvalue weighted by molar-refractivity contribution is 0.0857. The summed E-state index contributed by atoms with van der Waals surface area (Å²) in [4.78, 5) is 0.126. The van der Waals surface area contributed by atoms with Crippen LogP contribution in [0.5, 0.6) is 0 Å². The molecule has 4 nitrogen and oxygen atoms in total. The maximum absolute atomic E-state index is 11.7. The van der Waals surface area contributed by atoms with E-state index >= 15 is 0 Å². The fourth-order valence-electron chi connectivity index (χ4n) is 0.969. The Morgan fingerprint density at radius 3 is 2.25 bits per heavy atom. The number of benzene rings is 1. The largest absolute Gasteiger partial charge is 0.389 e. The Hall–Kier alpha value is -0.620. The fraction of sp³-hybridized carbons (Fsp3) is 0.400. The van der Waals surface area contributed by atoms with Crippen LogP contribution in [0.2, 0.25) is 5.02 Å². The number of nitrogens with one attached hydrogen (secondary N) is 1. The van der Waals surface area contributed by atoms with Gasteiger partial charge in [0.15, 0.2) is 0 Å². The van der Waals surface area contributed by atoms with Gasteiger partial charge in [-0.2, -0.15) is 0 Å². The zero-order chi connectivity index (χ0) is 12.4. The molecule has 1 aromatic carbocycles. The second-order valence-corrected chi connectivity index (χ2v) is 6.29. The second kappa shape index (κ2) is 4.71. The molecule has 0 aliphatic heterocycles. The molecule has 16 heavy (non-hydrogen) atoms. The summed E-state index contributed by atoms with van der Waals surface area (Å²) < 4.78 is 25.8. The second-order valence-electron chi connectivity index (χ2n) is 4.09. The van der Waals surface area contributed by atoms with Crippen LogP contribution in [-0.4, -0.2) is 25.7 Å². The third-order valence-corrected chi connectivity index (χ3v) is 3.49. The normalized spacial score (nSPS) is 12.8. The molecule has 0 aromatic heterocycles. The molecule has 0 unspecified atom stereocenters. The van der Waals surface area contributed by atoms with Crippen LogP contribution in [0.3, 0.4) is 0 Å². The summed E-state index contributed by atoms with van der Waals surface area (Å²) in [5.74, 6) is 0. The van der Waals surface area contributed by atoms with Crippen molar-refractivity contribution in [3.63, 3.8) is 0 Å². The van der Waals surface area contributed by atoms with E-state index in [-0.39, 0.29) is 11.4 Å². The van der Waals surface area contributed by atoms with Crippen molar-refractivity contribution in [3.05, 3.63) is 29.3 Å². The van der Waals surface area contributed by atoms with Crippen molar-refractivity contribution in [1.82, 2.24) is 4.72 Å². The fourth-order valence-corrected chi connectivity index (χ4v) is 2.30. The highest BCUT2D eigenvalue weighted by molar-refractivity contribution is 7.89. The molecule has 6 heteroatoms. The molecular formula is C10H14ClNO3S. The average molecular weight is 264 g/mol. The van der Waals surface area contributed by atoms with Gasteiger partial charge in [-0.15, -0.1) is 0 Å². The number of aliphatic hydroxyl groups is 1. The van der Waals surface area contributed by atoms with E-state index in [4.69, 9.17) is 11.6 Å². The Bertz CT molecular complexity index is 448. The zero-order valence-electron chi connectivity index (χ0n) is 9.07. The van der Waals surface area contributed by atoms with Gasteiger partial charge in [0.2, 0.25) is 10.0 Å². The summed E-state index contributed by atoms with van der Waals surface area (Å²) in [7, 11) is -3.58. The minimum atomic E-state index is -3.58. The molecule has 0 amide bonds. The third-order valence-electron chi connectivity index (χ3n) is 1.82. The lowest BCUT2D eigenvalue weighted by Gasteiger charge is -2.17. The number of sulfonamides is 1. The molecule has 0 fully saturated rings. The van der Waals surface area contributed by atoms with E-state index in [1.165, 1.54) is 38.1 Å². The first-order valence-electron chi connectivity index (χ1n) is 4.68. The SMILES string of the molecule is CC(C)(O)CNS(=O)(=O)c1ccc(Cl)cc1. The van der Waals surface area contributed by atoms with Crippen LogP contribution in [0.25, 0.3) is 0 Å². The van der Waals surface area contributed by atoms with Gasteiger partial charge in [-0.3, -0.25) is 0 Å². The first kappa shape index (κ1) is 13.4. The molecule has 0 spiro atoms. The Morgan fingerprint density at radius 2 is 1.81 bits per heavy atom. The van der Waals surface area contributed by atoms with E-state index in [0.717, 1.165) is 0 Å². The van der Waals surface area contributed by atoms with E-state index in [1.807, 2.05) is 0 Å². The Labute approximate surface area is 100 Å². The molecule has 90 valence electrons. The van der Waals surface area contributed by atoms with Gasteiger partial charge in [-0.05, 0) is 38.1 Å². The van der Waals surface area contributed by atoms with Crippen molar-refractivity contribution in [2.45, 2.75) is 24.3 Å². The van der Waals surface area contributed by atoms with Gasteiger partial charge in [-0.1, -0.05) is 11.6 Å². The summed E-state index contributed by atoms with van der Waals surface area (Å²) >= 11 is 5.66. The van der Waals surface area contributed by atoms with Crippen LogP contribution in [0.1, 0.15) is 13.8 Å². The van der Waals surface area contributed by atoms with E-state index < -0.39 is 15.6 Å². The lowest BCUT2D eigenvalue weighted by Crippen LogP contribution is -2.38. The number of halogens is 1. The molecule has 0 aliphatic rings. The predicted molar refractivity (Wildman–Crippen MR) is 62.9 cm³/mol. The van der Waals surface area contributed by atoms with Gasteiger partial charge in [0.05, 0.1) is 10.5 Å². The maximum Gasteiger partial charge on any atom is 0.240 e. The van der Waals surface area contributed by atoms with Gasteiger partial charge in [0.1, 0.15) is 0 Å². The summed E-state index contributed by atoms with van der Waals surface area (Å²) in [5, 5.41) is 9.90. The van der Waals surface area contributed by atoms with Crippen LogP contribution < -0.4 is 4.72 Å². The van der Waals surface area contributed by atoms with Crippen molar-refractivity contribution in [2.24, 2.45) is 0 Å². The van der Waals surface area contributed by atoms with Crippen LogP contribution >= 0.6 is 11.6 Å². The van der Waals surface area contributed by atoms with Crippen molar-refractivity contribution >= 4 is 21.6 Å². The quantitative estimate of drug-likeness (QED) is 0.863. The molecule has 0 saturated heterocycles. The summed E-state index contributed by atoms with van der Waals surface area (Å²) in [6, 6.07) is 5.82. The van der Waals surface area contributed by atoms with E-state index in [0.29, 0.717) is 5.02 Å². The maximum atomic E-state index is 11.7. The molecule has 0 heterocycles. The van der Waals surface area contributed by atoms with Crippen LogP contribution in [0.4, 0.5) is 0 Å². The average Bonchev–Trinajstić information content (AvgIpc) is 2.15. The van der Waals surface area contributed by atoms with E-state index in [1.54, 1.807) is 0 Å². The summed E-state index contributed by atoms with van der Waals surface area (Å²) in [6.07, 6.45) is 0. The van der Waals surface area contributed by atoms with Crippen molar-refractivity contribution in [3.8, 4) is 0 Å². The molecule has 0 saturated carbocycles. The first-order valence-corrected chi connectivity index (χ1v) is 6.54. The highest BCUT2D eigenvalue weighted by Gasteiger charge is 2.19. The number of hydrogen-bond donors (Lipinski definition) is 2. The highest BCUT2D eigenvalue weighted by Crippen LogP contribution is 2.14. The summed E-state index contributed by atoms with van der Waals surface area (Å²) in [6.45, 7) is 3.01. The van der Waals surface area contributed by atoms with E-state index in [9.17, 15) is 13.5 Å². The minimum Gasteiger partial charge on any atom is -0.389 e. The Kier molecular flexibility index (Phi) is 3.96. The number of hydrogen-bond acceptors (Lipinski definition) is 3. The monoisotopic (exact) mass is 263 g/mol. The molecule has 0 radical (unpaired) electrons. The van der Waals surface area contributed by atoms with Gasteiger partial charge in [0, 0.05) is 11.6 Å². The van der Waals surface area contributed by atoms with Gasteiger partial charge < -0.3 is 5.11 Å². The van der Waals surface area contributed by atoms with Gasteiger partial charge in [-0.25, -0.2) is 13.1 Å². The van der Waals surface area contributed by atoms with Crippen LogP contribution in [0.15, 0.2) is 29.2 Å². The van der Waals surface area contributed by atoms with Gasteiger partial charge >= 0.3 is 0 Å². The van der Waals surface area contributed by atoms with Crippen LogP contribution in [0, 0.1) is 0 Å². The minimum absolute atomic E-state index is 0.0437. The highest BCUT2D eigenvalue weighted by atomic mass is 35.5. The molecule has 0 bridgehead atoms. The first-order chi connectivity index (χ1) is 7.21. The van der Waals surface area contributed by atoms with Crippen molar-refractivity contribution in [1.29, 1.82) is 0 Å². The smallest absolute Gasteiger partial charge is 0.240 e. The molecule has 0 aliphatic carbocycles. The number of rotatable bonds is 4. The standard InChI is InChI=1S/C10H14ClNO3S/c1-10(2,13)7-12-16(14,15)9-5-3-8(11)4-6-9/h3-6,12-13H,7H2,1-2H3. The molecule has 1 rings (SSSR count). The van der Waals surface area contributed by atoms with E-state index in [2.05, 4.69) is 4.72 Å². The Balaban J connectivity index is 2.83. The topological polar surface area (TPSA) is 66.4 Å². The van der Waals surface area contributed by atoms with Crippen molar-refractivity contribution in [2.75, 3.05) is 6.54 Å². The molecule has 2 N–H and O–H groups in total. The molecule has 1 aromatic rings. The molecular weight excluding hydrogens is 250 g/mol. The Morgan fingerprint density at radius 1 is 1.31 bits per heavy atom. The predicted octanol–water partition coefficient (Wildman–Crippen LogP) is 1.39. The molecule has 0 atom stereocenters. The van der Waals surface area contributed by atoms with Gasteiger partial charge in [0.25, 0.3) is 0 Å². The van der Waals surface area contributed by atoms with Crippen molar-refractivity contribution < 1.29 is 13.5 Å². The lowest BCUT2D eigenvalue weighted by atomic mass is 10.1. The van der Waals surface area contributed by atoms with Crippen LogP contribution in [-0.2, 0) is 10.0 Å². The summed E-state index contributed by atoms with van der Waals surface area (Å²) in [5.41, 5.74) is -1.08. The third kappa shape index (κ3) is 4.09.